The van der Waals surface area contributed by atoms with Gasteiger partial charge in [-0.2, -0.15) is 0 Å². The fourth-order valence-corrected chi connectivity index (χ4v) is 3.59. The molecule has 2 aromatic rings. The minimum atomic E-state index is -0.0960. The van der Waals surface area contributed by atoms with E-state index in [-0.39, 0.29) is 5.91 Å². The van der Waals surface area contributed by atoms with Crippen LogP contribution in [0.1, 0.15) is 23.5 Å². The number of hydrogen-bond donors (Lipinski definition) is 1. The first-order chi connectivity index (χ1) is 10.6. The van der Waals surface area contributed by atoms with Gasteiger partial charge in [-0.15, -0.1) is 11.3 Å². The molecular formula is C16H21ClN2O2S. The zero-order chi connectivity index (χ0) is 16.1. The molecule has 0 saturated heterocycles. The van der Waals surface area contributed by atoms with E-state index < -0.39 is 0 Å². The predicted molar refractivity (Wildman–Crippen MR) is 93.5 cm³/mol. The summed E-state index contributed by atoms with van der Waals surface area (Å²) in [6, 6.07) is 5.57. The number of fused-ring (bicyclic) bond motifs is 1. The van der Waals surface area contributed by atoms with Crippen LogP contribution < -0.4 is 10.1 Å². The lowest BCUT2D eigenvalue weighted by atomic mass is 10.2. The second-order valence-corrected chi connectivity index (χ2v) is 6.38. The normalized spacial score (nSPS) is 11.1. The first-order valence-corrected chi connectivity index (χ1v) is 8.56. The van der Waals surface area contributed by atoms with Crippen molar-refractivity contribution in [1.29, 1.82) is 0 Å². The number of methoxy groups -OCH3 is 1. The van der Waals surface area contributed by atoms with Gasteiger partial charge in [0.15, 0.2) is 0 Å². The molecule has 6 heteroatoms. The van der Waals surface area contributed by atoms with Crippen LogP contribution in [0.5, 0.6) is 5.75 Å². The molecule has 120 valence electrons. The predicted octanol–water partition coefficient (Wildman–Crippen LogP) is 3.63. The van der Waals surface area contributed by atoms with Crippen LogP contribution in [0.3, 0.4) is 0 Å². The smallest absolute Gasteiger partial charge is 0.265 e. The molecule has 2 rings (SSSR count). The van der Waals surface area contributed by atoms with Crippen LogP contribution in [0, 0.1) is 0 Å². The summed E-state index contributed by atoms with van der Waals surface area (Å²) in [6.45, 7) is 7.67. The molecular weight excluding hydrogens is 320 g/mol. The Morgan fingerprint density at radius 1 is 1.36 bits per heavy atom. The number of carbonyl (C=O) groups is 1. The molecule has 0 aliphatic carbocycles. The van der Waals surface area contributed by atoms with E-state index in [1.165, 1.54) is 11.3 Å². The Kier molecular flexibility index (Phi) is 6.06. The molecule has 1 N–H and O–H groups in total. The lowest BCUT2D eigenvalue weighted by Crippen LogP contribution is -2.34. The van der Waals surface area contributed by atoms with Gasteiger partial charge in [-0.1, -0.05) is 25.4 Å². The van der Waals surface area contributed by atoms with Gasteiger partial charge in [-0.3, -0.25) is 4.79 Å². The second-order valence-electron chi connectivity index (χ2n) is 4.89. The van der Waals surface area contributed by atoms with Crippen molar-refractivity contribution in [3.63, 3.8) is 0 Å². The Balaban J connectivity index is 2.14. The van der Waals surface area contributed by atoms with Crippen LogP contribution in [0.15, 0.2) is 18.2 Å². The third-order valence-electron chi connectivity index (χ3n) is 3.62. The molecule has 1 aromatic carbocycles. The van der Waals surface area contributed by atoms with Crippen molar-refractivity contribution in [2.45, 2.75) is 13.8 Å². The SMILES string of the molecule is CCN(CC)CCNC(=O)c1sc2ccc(Cl)cc2c1OC. The highest BCUT2D eigenvalue weighted by atomic mass is 35.5. The monoisotopic (exact) mass is 340 g/mol. The summed E-state index contributed by atoms with van der Waals surface area (Å²) in [4.78, 5) is 15.3. The number of benzene rings is 1. The van der Waals surface area contributed by atoms with E-state index >= 15 is 0 Å². The van der Waals surface area contributed by atoms with Gasteiger partial charge in [0.2, 0.25) is 0 Å². The standard InChI is InChI=1S/C16H21ClN2O2S/c1-4-19(5-2)9-8-18-16(20)15-14(21-3)12-10-11(17)6-7-13(12)22-15/h6-7,10H,4-5,8-9H2,1-3H3,(H,18,20). The molecule has 0 aliphatic heterocycles. The molecule has 4 nitrogen and oxygen atoms in total. The molecule has 0 aliphatic rings. The van der Waals surface area contributed by atoms with Gasteiger partial charge in [-0.25, -0.2) is 0 Å². The number of hydrogen-bond acceptors (Lipinski definition) is 4. The van der Waals surface area contributed by atoms with Crippen LogP contribution in [-0.2, 0) is 0 Å². The maximum Gasteiger partial charge on any atom is 0.265 e. The topological polar surface area (TPSA) is 41.6 Å². The summed E-state index contributed by atoms with van der Waals surface area (Å²) < 4.78 is 6.42. The van der Waals surface area contributed by atoms with Crippen LogP contribution in [-0.4, -0.2) is 44.1 Å². The number of thiophene rings is 1. The van der Waals surface area contributed by atoms with Gasteiger partial charge in [0.1, 0.15) is 10.6 Å². The number of halogens is 1. The fourth-order valence-electron chi connectivity index (χ4n) is 2.35. The van der Waals surface area contributed by atoms with Gasteiger partial charge in [0, 0.05) is 28.2 Å². The van der Waals surface area contributed by atoms with Crippen molar-refractivity contribution in [3.05, 3.63) is 28.1 Å². The Bertz CT molecular complexity index is 653. The summed E-state index contributed by atoms with van der Waals surface area (Å²) in [6.07, 6.45) is 0. The van der Waals surface area contributed by atoms with Crippen LogP contribution in [0.2, 0.25) is 5.02 Å². The summed E-state index contributed by atoms with van der Waals surface area (Å²) in [5.74, 6) is 0.504. The van der Waals surface area contributed by atoms with Gasteiger partial charge in [0.05, 0.1) is 7.11 Å². The molecule has 0 spiro atoms. The van der Waals surface area contributed by atoms with Gasteiger partial charge >= 0.3 is 0 Å². The minimum Gasteiger partial charge on any atom is -0.494 e. The van der Waals surface area contributed by atoms with Gasteiger partial charge in [0.25, 0.3) is 5.91 Å². The first kappa shape index (κ1) is 17.1. The largest absolute Gasteiger partial charge is 0.494 e. The molecule has 1 aromatic heterocycles. The maximum atomic E-state index is 12.4. The maximum absolute atomic E-state index is 12.4. The number of nitrogens with zero attached hydrogens (tertiary/aromatic N) is 1. The summed E-state index contributed by atoms with van der Waals surface area (Å²) in [7, 11) is 1.58. The van der Waals surface area contributed by atoms with Crippen molar-refractivity contribution in [2.75, 3.05) is 33.3 Å². The van der Waals surface area contributed by atoms with Crippen molar-refractivity contribution in [3.8, 4) is 5.75 Å². The summed E-state index contributed by atoms with van der Waals surface area (Å²) >= 11 is 7.46. The van der Waals surface area contributed by atoms with Crippen LogP contribution in [0.4, 0.5) is 0 Å². The number of likely N-dealkylation sites (N-methyl/N-ethyl adjacent to an activating group) is 1. The Labute approximate surface area is 140 Å². The van der Waals surface area contributed by atoms with Crippen LogP contribution >= 0.6 is 22.9 Å². The minimum absolute atomic E-state index is 0.0960. The molecule has 0 atom stereocenters. The molecule has 1 amide bonds. The number of ether oxygens (including phenoxy) is 1. The number of amides is 1. The molecule has 0 unspecified atom stereocenters. The summed E-state index contributed by atoms with van der Waals surface area (Å²) in [5.41, 5.74) is 0. The third-order valence-corrected chi connectivity index (χ3v) is 5.01. The number of nitrogens with one attached hydrogen (secondary N) is 1. The Morgan fingerprint density at radius 3 is 2.73 bits per heavy atom. The van der Waals surface area contributed by atoms with E-state index in [0.717, 1.165) is 29.7 Å². The van der Waals surface area contributed by atoms with E-state index in [4.69, 9.17) is 16.3 Å². The van der Waals surface area contributed by atoms with Gasteiger partial charge < -0.3 is 15.0 Å². The zero-order valence-corrected chi connectivity index (χ0v) is 14.7. The third kappa shape index (κ3) is 3.72. The van der Waals surface area contributed by atoms with E-state index in [2.05, 4.69) is 24.1 Å². The average Bonchev–Trinajstić information content (AvgIpc) is 2.89. The highest BCUT2D eigenvalue weighted by Crippen LogP contribution is 2.38. The van der Waals surface area contributed by atoms with Crippen molar-refractivity contribution in [1.82, 2.24) is 10.2 Å². The highest BCUT2D eigenvalue weighted by molar-refractivity contribution is 7.21. The van der Waals surface area contributed by atoms with Crippen molar-refractivity contribution < 1.29 is 9.53 Å². The van der Waals surface area contributed by atoms with Crippen molar-refractivity contribution >= 4 is 38.9 Å². The van der Waals surface area contributed by atoms with Crippen molar-refractivity contribution in [2.24, 2.45) is 0 Å². The highest BCUT2D eigenvalue weighted by Gasteiger charge is 2.19. The lowest BCUT2D eigenvalue weighted by Gasteiger charge is -2.17. The Morgan fingerprint density at radius 2 is 2.09 bits per heavy atom. The second kappa shape index (κ2) is 7.81. The Hall–Kier alpha value is -1.30. The first-order valence-electron chi connectivity index (χ1n) is 7.37. The zero-order valence-electron chi connectivity index (χ0n) is 13.1. The van der Waals surface area contributed by atoms with Gasteiger partial charge in [-0.05, 0) is 31.3 Å². The quantitative estimate of drug-likeness (QED) is 0.836. The van der Waals surface area contributed by atoms with E-state index in [1.807, 2.05) is 18.2 Å². The molecule has 0 bridgehead atoms. The van der Waals surface area contributed by atoms with Crippen LogP contribution in [0.25, 0.3) is 10.1 Å². The van der Waals surface area contributed by atoms with E-state index in [9.17, 15) is 4.79 Å². The molecule has 0 radical (unpaired) electrons. The number of rotatable bonds is 7. The molecule has 0 fully saturated rings. The average molecular weight is 341 g/mol. The number of carbonyl (C=O) groups excluding carboxylic acids is 1. The fraction of sp³-hybridized carbons (Fsp3) is 0.438. The molecule has 22 heavy (non-hydrogen) atoms. The lowest BCUT2D eigenvalue weighted by molar-refractivity contribution is 0.0950. The summed E-state index contributed by atoms with van der Waals surface area (Å²) in [5, 5.41) is 4.48. The molecule has 0 saturated carbocycles. The van der Waals surface area contributed by atoms with E-state index in [1.54, 1.807) is 7.11 Å². The van der Waals surface area contributed by atoms with E-state index in [0.29, 0.717) is 22.2 Å². The molecule has 1 heterocycles.